The molecule has 1 heterocycles. The van der Waals surface area contributed by atoms with Crippen LogP contribution in [0.5, 0.6) is 0 Å². The number of likely N-dealkylation sites (tertiary alicyclic amines) is 1. The standard InChI is InChI=1S/C18H30N2O/c1-16-7-11-20(12-8-16)10-4-9-19-14-17-5-3-6-18(13-17)15-21-2/h3,5-6,13,16,19H,4,7-12,14-15H2,1-2H3. The molecule has 0 spiro atoms. The molecular formula is C18H30N2O. The van der Waals surface area contributed by atoms with Gasteiger partial charge in [-0.2, -0.15) is 0 Å². The summed E-state index contributed by atoms with van der Waals surface area (Å²) in [4.78, 5) is 2.61. The lowest BCUT2D eigenvalue weighted by Crippen LogP contribution is -2.34. The van der Waals surface area contributed by atoms with Crippen LogP contribution in [0.3, 0.4) is 0 Å². The van der Waals surface area contributed by atoms with Gasteiger partial charge in [-0.05, 0) is 62.5 Å². The SMILES string of the molecule is COCc1cccc(CNCCCN2CCC(C)CC2)c1. The molecule has 2 rings (SSSR count). The summed E-state index contributed by atoms with van der Waals surface area (Å²) in [5, 5.41) is 3.55. The number of hydrogen-bond donors (Lipinski definition) is 1. The Bertz CT molecular complexity index is 400. The first-order chi connectivity index (χ1) is 10.3. The van der Waals surface area contributed by atoms with E-state index >= 15 is 0 Å². The van der Waals surface area contributed by atoms with Gasteiger partial charge in [0.25, 0.3) is 0 Å². The molecule has 1 saturated heterocycles. The fourth-order valence-corrected chi connectivity index (χ4v) is 2.94. The van der Waals surface area contributed by atoms with Crippen molar-refractivity contribution in [3.63, 3.8) is 0 Å². The monoisotopic (exact) mass is 290 g/mol. The number of hydrogen-bond acceptors (Lipinski definition) is 3. The maximum absolute atomic E-state index is 5.17. The number of piperidine rings is 1. The van der Waals surface area contributed by atoms with Gasteiger partial charge in [0.1, 0.15) is 0 Å². The van der Waals surface area contributed by atoms with Crippen LogP contribution in [0.15, 0.2) is 24.3 Å². The zero-order valence-corrected chi connectivity index (χ0v) is 13.6. The molecule has 1 aliphatic heterocycles. The van der Waals surface area contributed by atoms with Gasteiger partial charge in [-0.1, -0.05) is 31.2 Å². The van der Waals surface area contributed by atoms with Gasteiger partial charge >= 0.3 is 0 Å². The smallest absolute Gasteiger partial charge is 0.0713 e. The maximum Gasteiger partial charge on any atom is 0.0713 e. The van der Waals surface area contributed by atoms with Crippen LogP contribution in [0.2, 0.25) is 0 Å². The highest BCUT2D eigenvalue weighted by Crippen LogP contribution is 2.15. The van der Waals surface area contributed by atoms with E-state index < -0.39 is 0 Å². The van der Waals surface area contributed by atoms with Crippen LogP contribution >= 0.6 is 0 Å². The lowest BCUT2D eigenvalue weighted by Gasteiger charge is -2.30. The minimum Gasteiger partial charge on any atom is -0.380 e. The van der Waals surface area contributed by atoms with Gasteiger partial charge in [0.2, 0.25) is 0 Å². The van der Waals surface area contributed by atoms with Crippen molar-refractivity contribution in [2.75, 3.05) is 33.3 Å². The van der Waals surface area contributed by atoms with E-state index in [0.29, 0.717) is 6.61 Å². The number of ether oxygens (including phenoxy) is 1. The molecule has 0 radical (unpaired) electrons. The molecule has 0 atom stereocenters. The van der Waals surface area contributed by atoms with E-state index in [0.717, 1.165) is 19.0 Å². The van der Waals surface area contributed by atoms with Gasteiger partial charge in [-0.3, -0.25) is 0 Å². The van der Waals surface area contributed by atoms with Gasteiger partial charge in [-0.25, -0.2) is 0 Å². The van der Waals surface area contributed by atoms with E-state index in [9.17, 15) is 0 Å². The summed E-state index contributed by atoms with van der Waals surface area (Å²) in [6.07, 6.45) is 3.99. The van der Waals surface area contributed by atoms with Gasteiger partial charge in [0.15, 0.2) is 0 Å². The topological polar surface area (TPSA) is 24.5 Å². The second-order valence-corrected chi connectivity index (χ2v) is 6.31. The van der Waals surface area contributed by atoms with Gasteiger partial charge in [-0.15, -0.1) is 0 Å². The summed E-state index contributed by atoms with van der Waals surface area (Å²) < 4.78 is 5.17. The summed E-state index contributed by atoms with van der Waals surface area (Å²) in [5.74, 6) is 0.929. The summed E-state index contributed by atoms with van der Waals surface area (Å²) >= 11 is 0. The fraction of sp³-hybridized carbons (Fsp3) is 0.667. The van der Waals surface area contributed by atoms with Crippen LogP contribution in [-0.4, -0.2) is 38.2 Å². The van der Waals surface area contributed by atoms with Crippen molar-refractivity contribution in [1.29, 1.82) is 0 Å². The number of benzene rings is 1. The number of rotatable bonds is 8. The summed E-state index contributed by atoms with van der Waals surface area (Å²) in [6, 6.07) is 8.63. The molecule has 0 amide bonds. The zero-order chi connectivity index (χ0) is 14.9. The first-order valence-corrected chi connectivity index (χ1v) is 8.28. The molecule has 0 aromatic heterocycles. The number of methoxy groups -OCH3 is 1. The van der Waals surface area contributed by atoms with Crippen molar-refractivity contribution in [3.05, 3.63) is 35.4 Å². The van der Waals surface area contributed by atoms with Crippen molar-refractivity contribution in [2.24, 2.45) is 5.92 Å². The Balaban J connectivity index is 1.58. The van der Waals surface area contributed by atoms with Crippen LogP contribution in [-0.2, 0) is 17.9 Å². The molecule has 1 fully saturated rings. The van der Waals surface area contributed by atoms with Crippen LogP contribution in [0.1, 0.15) is 37.3 Å². The van der Waals surface area contributed by atoms with Crippen LogP contribution < -0.4 is 5.32 Å². The first-order valence-electron chi connectivity index (χ1n) is 8.28. The summed E-state index contributed by atoms with van der Waals surface area (Å²) in [7, 11) is 1.74. The Kier molecular flexibility index (Phi) is 7.20. The first kappa shape index (κ1) is 16.5. The molecular weight excluding hydrogens is 260 g/mol. The Morgan fingerprint density at radius 2 is 2.00 bits per heavy atom. The molecule has 3 nitrogen and oxygen atoms in total. The Hall–Kier alpha value is -0.900. The van der Waals surface area contributed by atoms with E-state index in [4.69, 9.17) is 4.74 Å². The largest absolute Gasteiger partial charge is 0.380 e. The summed E-state index contributed by atoms with van der Waals surface area (Å²) in [5.41, 5.74) is 2.59. The molecule has 118 valence electrons. The highest BCUT2D eigenvalue weighted by Gasteiger charge is 2.14. The highest BCUT2D eigenvalue weighted by molar-refractivity contribution is 5.22. The molecule has 1 aromatic rings. The Labute approximate surface area is 129 Å². The molecule has 3 heteroatoms. The quantitative estimate of drug-likeness (QED) is 0.745. The number of nitrogens with one attached hydrogen (secondary N) is 1. The minimum atomic E-state index is 0.696. The molecule has 0 bridgehead atoms. The van der Waals surface area contributed by atoms with Gasteiger partial charge < -0.3 is 15.0 Å². The molecule has 21 heavy (non-hydrogen) atoms. The van der Waals surface area contributed by atoms with E-state index in [-0.39, 0.29) is 0 Å². The van der Waals surface area contributed by atoms with E-state index in [1.165, 1.54) is 50.0 Å². The van der Waals surface area contributed by atoms with Crippen molar-refractivity contribution in [3.8, 4) is 0 Å². The predicted molar refractivity (Wildman–Crippen MR) is 88.3 cm³/mol. The van der Waals surface area contributed by atoms with Crippen LogP contribution in [0.4, 0.5) is 0 Å². The summed E-state index contributed by atoms with van der Waals surface area (Å²) in [6.45, 7) is 8.94. The second kappa shape index (κ2) is 9.19. The third-order valence-electron chi connectivity index (χ3n) is 4.34. The van der Waals surface area contributed by atoms with E-state index in [1.54, 1.807) is 7.11 Å². The van der Waals surface area contributed by atoms with Crippen molar-refractivity contribution in [2.45, 2.75) is 39.3 Å². The second-order valence-electron chi connectivity index (χ2n) is 6.31. The van der Waals surface area contributed by atoms with E-state index in [2.05, 4.69) is 41.4 Å². The lowest BCUT2D eigenvalue weighted by atomic mass is 9.99. The number of nitrogens with zero attached hydrogens (tertiary/aromatic N) is 1. The molecule has 1 N–H and O–H groups in total. The fourth-order valence-electron chi connectivity index (χ4n) is 2.94. The average molecular weight is 290 g/mol. The molecule has 0 unspecified atom stereocenters. The molecule has 1 aliphatic rings. The Morgan fingerprint density at radius 1 is 1.24 bits per heavy atom. The minimum absolute atomic E-state index is 0.696. The van der Waals surface area contributed by atoms with Crippen molar-refractivity contribution < 1.29 is 4.74 Å². The molecule has 0 saturated carbocycles. The Morgan fingerprint density at radius 3 is 2.76 bits per heavy atom. The molecule has 1 aromatic carbocycles. The third-order valence-corrected chi connectivity index (χ3v) is 4.34. The van der Waals surface area contributed by atoms with Crippen molar-refractivity contribution in [1.82, 2.24) is 10.2 Å². The zero-order valence-electron chi connectivity index (χ0n) is 13.6. The van der Waals surface area contributed by atoms with Gasteiger partial charge in [0.05, 0.1) is 6.61 Å². The third kappa shape index (κ3) is 6.16. The average Bonchev–Trinajstić information content (AvgIpc) is 2.50. The van der Waals surface area contributed by atoms with Crippen LogP contribution in [0.25, 0.3) is 0 Å². The van der Waals surface area contributed by atoms with Crippen LogP contribution in [0, 0.1) is 5.92 Å². The van der Waals surface area contributed by atoms with Gasteiger partial charge in [0, 0.05) is 13.7 Å². The predicted octanol–water partition coefficient (Wildman–Crippen LogP) is 3.04. The molecule has 0 aliphatic carbocycles. The maximum atomic E-state index is 5.17. The van der Waals surface area contributed by atoms with Crippen molar-refractivity contribution >= 4 is 0 Å². The highest BCUT2D eigenvalue weighted by atomic mass is 16.5. The van der Waals surface area contributed by atoms with E-state index in [1.807, 2.05) is 0 Å². The lowest BCUT2D eigenvalue weighted by molar-refractivity contribution is 0.185. The normalized spacial score (nSPS) is 17.2.